The SMILES string of the molecule is CCc1ccc(CC(=O)N/N=C\c2ccc(C)o2)cc1. The van der Waals surface area contributed by atoms with E-state index in [-0.39, 0.29) is 5.91 Å². The monoisotopic (exact) mass is 270 g/mol. The number of nitrogens with one attached hydrogen (secondary N) is 1. The number of benzene rings is 1. The molecule has 4 heteroatoms. The lowest BCUT2D eigenvalue weighted by Crippen LogP contribution is -2.19. The Labute approximate surface area is 118 Å². The van der Waals surface area contributed by atoms with Gasteiger partial charge in [0, 0.05) is 0 Å². The molecule has 2 rings (SSSR count). The molecule has 0 radical (unpaired) electrons. The zero-order valence-electron chi connectivity index (χ0n) is 11.7. The highest BCUT2D eigenvalue weighted by molar-refractivity contribution is 5.81. The molecule has 0 saturated carbocycles. The molecule has 1 aromatic carbocycles. The molecule has 0 saturated heterocycles. The van der Waals surface area contributed by atoms with Crippen molar-refractivity contribution in [2.45, 2.75) is 26.7 Å². The van der Waals surface area contributed by atoms with Crippen molar-refractivity contribution < 1.29 is 9.21 Å². The average molecular weight is 270 g/mol. The van der Waals surface area contributed by atoms with E-state index in [4.69, 9.17) is 4.42 Å². The van der Waals surface area contributed by atoms with Gasteiger partial charge in [-0.1, -0.05) is 31.2 Å². The third-order valence-corrected chi connectivity index (χ3v) is 2.94. The Bertz CT molecular complexity index is 597. The van der Waals surface area contributed by atoms with Gasteiger partial charge in [-0.3, -0.25) is 4.79 Å². The molecule has 20 heavy (non-hydrogen) atoms. The smallest absolute Gasteiger partial charge is 0.244 e. The van der Waals surface area contributed by atoms with Crippen LogP contribution in [0.1, 0.15) is 29.6 Å². The topological polar surface area (TPSA) is 54.6 Å². The number of rotatable bonds is 5. The molecule has 0 bridgehead atoms. The minimum Gasteiger partial charge on any atom is -0.460 e. The minimum absolute atomic E-state index is 0.145. The van der Waals surface area contributed by atoms with Gasteiger partial charge >= 0.3 is 0 Å². The molecule has 1 N–H and O–H groups in total. The highest BCUT2D eigenvalue weighted by atomic mass is 16.3. The lowest BCUT2D eigenvalue weighted by atomic mass is 10.1. The second-order valence-electron chi connectivity index (χ2n) is 4.59. The molecule has 104 valence electrons. The summed E-state index contributed by atoms with van der Waals surface area (Å²) in [5.41, 5.74) is 4.73. The summed E-state index contributed by atoms with van der Waals surface area (Å²) in [5.74, 6) is 1.29. The van der Waals surface area contributed by atoms with E-state index in [1.54, 1.807) is 6.07 Å². The van der Waals surface area contributed by atoms with Crippen molar-refractivity contribution in [3.05, 3.63) is 59.0 Å². The molecule has 0 atom stereocenters. The first-order valence-electron chi connectivity index (χ1n) is 6.63. The summed E-state index contributed by atoms with van der Waals surface area (Å²) >= 11 is 0. The maximum absolute atomic E-state index is 11.7. The van der Waals surface area contributed by atoms with E-state index < -0.39 is 0 Å². The Balaban J connectivity index is 1.84. The Kier molecular flexibility index (Phi) is 4.71. The number of aryl methyl sites for hydroxylation is 2. The van der Waals surface area contributed by atoms with E-state index in [9.17, 15) is 4.79 Å². The van der Waals surface area contributed by atoms with Gasteiger partial charge in [0.1, 0.15) is 11.5 Å². The van der Waals surface area contributed by atoms with Crippen LogP contribution < -0.4 is 5.43 Å². The van der Waals surface area contributed by atoms with Crippen LogP contribution in [0.15, 0.2) is 45.9 Å². The Hall–Kier alpha value is -2.36. The molecule has 1 amide bonds. The largest absolute Gasteiger partial charge is 0.460 e. The van der Waals surface area contributed by atoms with Gasteiger partial charge in [-0.15, -0.1) is 0 Å². The maximum atomic E-state index is 11.7. The number of carbonyl (C=O) groups excluding carboxylic acids is 1. The quantitative estimate of drug-likeness (QED) is 0.671. The molecule has 1 heterocycles. The van der Waals surface area contributed by atoms with Crippen molar-refractivity contribution in [2.24, 2.45) is 5.10 Å². The van der Waals surface area contributed by atoms with Crippen molar-refractivity contribution in [1.82, 2.24) is 5.43 Å². The normalized spacial score (nSPS) is 10.9. The van der Waals surface area contributed by atoms with Gasteiger partial charge in [-0.2, -0.15) is 5.10 Å². The number of amides is 1. The van der Waals surface area contributed by atoms with Crippen molar-refractivity contribution in [3.63, 3.8) is 0 Å². The van der Waals surface area contributed by atoms with Gasteiger partial charge < -0.3 is 4.42 Å². The first kappa shape index (κ1) is 14.1. The molecule has 0 unspecified atom stereocenters. The number of nitrogens with zero attached hydrogens (tertiary/aromatic N) is 1. The summed E-state index contributed by atoms with van der Waals surface area (Å²) in [4.78, 5) is 11.7. The molecule has 0 spiro atoms. The van der Waals surface area contributed by atoms with E-state index in [2.05, 4.69) is 17.5 Å². The first-order chi connectivity index (χ1) is 9.67. The van der Waals surface area contributed by atoms with Crippen LogP contribution in [0.5, 0.6) is 0 Å². The summed E-state index contributed by atoms with van der Waals surface area (Å²) in [5, 5.41) is 3.87. The van der Waals surface area contributed by atoms with Crippen LogP contribution >= 0.6 is 0 Å². The average Bonchev–Trinajstić information content (AvgIpc) is 2.85. The van der Waals surface area contributed by atoms with Crippen LogP contribution in [-0.2, 0) is 17.6 Å². The van der Waals surface area contributed by atoms with Gasteiger partial charge in [-0.25, -0.2) is 5.43 Å². The van der Waals surface area contributed by atoms with Crippen LogP contribution in [0.3, 0.4) is 0 Å². The predicted octanol–water partition coefficient (Wildman–Crippen LogP) is 2.84. The number of hydrogen-bond acceptors (Lipinski definition) is 3. The van der Waals surface area contributed by atoms with Crippen molar-refractivity contribution in [2.75, 3.05) is 0 Å². The van der Waals surface area contributed by atoms with E-state index in [0.717, 1.165) is 17.7 Å². The van der Waals surface area contributed by atoms with Crippen LogP contribution in [0.4, 0.5) is 0 Å². The van der Waals surface area contributed by atoms with Crippen molar-refractivity contribution >= 4 is 12.1 Å². The van der Waals surface area contributed by atoms with E-state index in [1.165, 1.54) is 11.8 Å². The second kappa shape index (κ2) is 6.70. The lowest BCUT2D eigenvalue weighted by molar-refractivity contribution is -0.120. The van der Waals surface area contributed by atoms with E-state index in [0.29, 0.717) is 12.2 Å². The van der Waals surface area contributed by atoms with Gasteiger partial charge in [0.05, 0.1) is 12.6 Å². The predicted molar refractivity (Wildman–Crippen MR) is 78.7 cm³/mol. The summed E-state index contributed by atoms with van der Waals surface area (Å²) in [6.45, 7) is 3.96. The number of hydrazone groups is 1. The lowest BCUT2D eigenvalue weighted by Gasteiger charge is -2.01. The van der Waals surface area contributed by atoms with Crippen LogP contribution in [-0.4, -0.2) is 12.1 Å². The minimum atomic E-state index is -0.145. The van der Waals surface area contributed by atoms with E-state index in [1.807, 2.05) is 37.3 Å². The van der Waals surface area contributed by atoms with Crippen LogP contribution in [0.25, 0.3) is 0 Å². The van der Waals surface area contributed by atoms with Gasteiger partial charge in [0.15, 0.2) is 0 Å². The molecule has 2 aromatic rings. The zero-order valence-corrected chi connectivity index (χ0v) is 11.7. The highest BCUT2D eigenvalue weighted by Crippen LogP contribution is 2.06. The third-order valence-electron chi connectivity index (χ3n) is 2.94. The number of carbonyl (C=O) groups is 1. The fourth-order valence-corrected chi connectivity index (χ4v) is 1.81. The molecule has 0 aliphatic rings. The summed E-state index contributed by atoms with van der Waals surface area (Å²) < 4.78 is 5.31. The Morgan fingerprint density at radius 1 is 1.20 bits per heavy atom. The molecule has 4 nitrogen and oxygen atoms in total. The molecule has 0 aliphatic carbocycles. The standard InChI is InChI=1S/C16H18N2O2/c1-3-13-5-7-14(8-6-13)10-16(19)18-17-11-15-9-4-12(2)20-15/h4-9,11H,3,10H2,1-2H3,(H,18,19)/b17-11-. The zero-order chi connectivity index (χ0) is 14.4. The summed E-state index contributed by atoms with van der Waals surface area (Å²) in [7, 11) is 0. The molecule has 0 aliphatic heterocycles. The van der Waals surface area contributed by atoms with E-state index >= 15 is 0 Å². The fourth-order valence-electron chi connectivity index (χ4n) is 1.81. The van der Waals surface area contributed by atoms with Crippen LogP contribution in [0.2, 0.25) is 0 Å². The Morgan fingerprint density at radius 2 is 1.90 bits per heavy atom. The Morgan fingerprint density at radius 3 is 2.50 bits per heavy atom. The second-order valence-corrected chi connectivity index (χ2v) is 4.59. The maximum Gasteiger partial charge on any atom is 0.244 e. The van der Waals surface area contributed by atoms with Crippen LogP contribution in [0, 0.1) is 6.92 Å². The fraction of sp³-hybridized carbons (Fsp3) is 0.250. The number of furan rings is 1. The van der Waals surface area contributed by atoms with Gasteiger partial charge in [0.25, 0.3) is 0 Å². The third kappa shape index (κ3) is 4.09. The summed E-state index contributed by atoms with van der Waals surface area (Å²) in [6.07, 6.45) is 2.81. The molecular formula is C16H18N2O2. The van der Waals surface area contributed by atoms with Gasteiger partial charge in [0.2, 0.25) is 5.91 Å². The first-order valence-corrected chi connectivity index (χ1v) is 6.63. The molecule has 0 fully saturated rings. The molecule has 1 aromatic heterocycles. The highest BCUT2D eigenvalue weighted by Gasteiger charge is 2.02. The number of hydrogen-bond donors (Lipinski definition) is 1. The molecular weight excluding hydrogens is 252 g/mol. The van der Waals surface area contributed by atoms with Crippen molar-refractivity contribution in [3.8, 4) is 0 Å². The van der Waals surface area contributed by atoms with Crippen molar-refractivity contribution in [1.29, 1.82) is 0 Å². The summed E-state index contributed by atoms with van der Waals surface area (Å²) in [6, 6.07) is 11.7. The van der Waals surface area contributed by atoms with Gasteiger partial charge in [-0.05, 0) is 36.6 Å².